The van der Waals surface area contributed by atoms with Crippen molar-refractivity contribution in [3.05, 3.63) is 59.7 Å². The molecular weight excluding hydrogens is 397 g/mol. The van der Waals surface area contributed by atoms with E-state index in [4.69, 9.17) is 5.10 Å². The number of halogens is 1. The molecule has 2 aromatic heterocycles. The quantitative estimate of drug-likeness (QED) is 0.673. The number of carbonyl (C=O) groups excluding carboxylic acids is 1. The first-order chi connectivity index (χ1) is 15.1. The molecule has 5 rings (SSSR count). The van der Waals surface area contributed by atoms with E-state index in [0.29, 0.717) is 24.2 Å². The molecule has 1 saturated carbocycles. The van der Waals surface area contributed by atoms with Crippen molar-refractivity contribution in [2.24, 2.45) is 0 Å². The molecule has 1 aliphatic heterocycles. The Labute approximate surface area is 179 Å². The molecule has 31 heavy (non-hydrogen) atoms. The van der Waals surface area contributed by atoms with E-state index in [9.17, 15) is 14.3 Å². The Hall–Kier alpha value is -3.00. The molecule has 8 heteroatoms. The lowest BCUT2D eigenvalue weighted by Crippen LogP contribution is -2.39. The molecule has 1 atom stereocenters. The number of aliphatic hydroxyl groups excluding tert-OH is 1. The third kappa shape index (κ3) is 3.99. The fourth-order valence-electron chi connectivity index (χ4n) is 4.75. The van der Waals surface area contributed by atoms with Gasteiger partial charge in [-0.2, -0.15) is 0 Å². The highest BCUT2D eigenvalue weighted by Gasteiger charge is 2.28. The van der Waals surface area contributed by atoms with Gasteiger partial charge < -0.3 is 15.3 Å². The number of aliphatic hydroxyl groups is 1. The summed E-state index contributed by atoms with van der Waals surface area (Å²) in [6.45, 7) is 0.820. The third-order valence-electron chi connectivity index (χ3n) is 6.39. The number of benzene rings is 1. The van der Waals surface area contributed by atoms with Crippen LogP contribution in [0.3, 0.4) is 0 Å². The zero-order valence-electron chi connectivity index (χ0n) is 17.2. The smallest absolute Gasteiger partial charge is 0.271 e. The summed E-state index contributed by atoms with van der Waals surface area (Å²) in [7, 11) is 0. The number of imidazole rings is 1. The predicted molar refractivity (Wildman–Crippen MR) is 114 cm³/mol. The molecule has 0 spiro atoms. The Balaban J connectivity index is 1.40. The summed E-state index contributed by atoms with van der Waals surface area (Å²) in [5.41, 5.74) is 1.93. The van der Waals surface area contributed by atoms with Crippen molar-refractivity contribution in [3.8, 4) is 0 Å². The minimum absolute atomic E-state index is 0.0510. The van der Waals surface area contributed by atoms with Crippen LogP contribution in [-0.4, -0.2) is 44.3 Å². The van der Waals surface area contributed by atoms with Crippen molar-refractivity contribution in [3.63, 3.8) is 0 Å². The van der Waals surface area contributed by atoms with Crippen LogP contribution in [0.1, 0.15) is 60.6 Å². The zero-order chi connectivity index (χ0) is 21.4. The maximum absolute atomic E-state index is 13.8. The number of rotatable bonds is 4. The zero-order valence-corrected chi connectivity index (χ0v) is 17.2. The summed E-state index contributed by atoms with van der Waals surface area (Å²) in [6.07, 6.45) is 6.15. The van der Waals surface area contributed by atoms with Gasteiger partial charge in [-0.3, -0.25) is 4.79 Å². The van der Waals surface area contributed by atoms with Crippen LogP contribution in [0.4, 0.5) is 10.2 Å². The standard InChI is InChI=1S/C23H26FN5O2/c24-16-4-1-3-15(13-16)19-5-2-12-28(19)22-11-10-21-25-14-20(29(21)27-22)23(31)26-17-6-8-18(30)9-7-17/h1,3-4,10-11,13-14,17-19,30H,2,5-9,12H2,(H,26,31)/t17?,18?,19-/m1/s1. The van der Waals surface area contributed by atoms with E-state index in [1.54, 1.807) is 22.8 Å². The van der Waals surface area contributed by atoms with Gasteiger partial charge in [0.2, 0.25) is 0 Å². The van der Waals surface area contributed by atoms with E-state index in [1.807, 2.05) is 18.2 Å². The van der Waals surface area contributed by atoms with Crippen LogP contribution in [0, 0.1) is 5.82 Å². The van der Waals surface area contributed by atoms with Gasteiger partial charge in [-0.25, -0.2) is 13.9 Å². The van der Waals surface area contributed by atoms with E-state index in [2.05, 4.69) is 15.2 Å². The van der Waals surface area contributed by atoms with Crippen LogP contribution in [0.2, 0.25) is 0 Å². The van der Waals surface area contributed by atoms with Crippen LogP contribution in [-0.2, 0) is 0 Å². The van der Waals surface area contributed by atoms with Crippen molar-refractivity contribution in [1.82, 2.24) is 19.9 Å². The second-order valence-electron chi connectivity index (χ2n) is 8.49. The maximum Gasteiger partial charge on any atom is 0.271 e. The fourth-order valence-corrected chi connectivity index (χ4v) is 4.75. The summed E-state index contributed by atoms with van der Waals surface area (Å²) in [4.78, 5) is 19.4. The van der Waals surface area contributed by atoms with Gasteiger partial charge in [-0.15, -0.1) is 5.10 Å². The third-order valence-corrected chi connectivity index (χ3v) is 6.39. The topological polar surface area (TPSA) is 82.8 Å². The minimum atomic E-state index is -0.264. The van der Waals surface area contributed by atoms with Gasteiger partial charge in [0.25, 0.3) is 5.91 Å². The van der Waals surface area contributed by atoms with Gasteiger partial charge in [0.1, 0.15) is 11.6 Å². The average molecular weight is 423 g/mol. The Bertz CT molecular complexity index is 1090. The van der Waals surface area contributed by atoms with Gasteiger partial charge in [0.05, 0.1) is 18.3 Å². The minimum Gasteiger partial charge on any atom is -0.393 e. The van der Waals surface area contributed by atoms with E-state index in [-0.39, 0.29) is 29.9 Å². The molecule has 162 valence electrons. The molecular formula is C23H26FN5O2. The monoisotopic (exact) mass is 423 g/mol. The number of nitrogens with one attached hydrogen (secondary N) is 1. The van der Waals surface area contributed by atoms with E-state index in [0.717, 1.165) is 43.6 Å². The maximum atomic E-state index is 13.8. The SMILES string of the molecule is O=C(NC1CCC(O)CC1)c1cnc2ccc(N3CCC[C@@H]3c3cccc(F)c3)nn12. The molecule has 1 aliphatic carbocycles. The lowest BCUT2D eigenvalue weighted by Gasteiger charge is -2.26. The normalized spacial score (nSPS) is 23.9. The Morgan fingerprint density at radius 2 is 1.97 bits per heavy atom. The molecule has 3 aromatic rings. The van der Waals surface area contributed by atoms with Gasteiger partial charge in [-0.1, -0.05) is 12.1 Å². The number of carbonyl (C=O) groups is 1. The lowest BCUT2D eigenvalue weighted by molar-refractivity contribution is 0.0861. The van der Waals surface area contributed by atoms with Crippen molar-refractivity contribution < 1.29 is 14.3 Å². The Morgan fingerprint density at radius 1 is 1.13 bits per heavy atom. The molecule has 2 fully saturated rings. The van der Waals surface area contributed by atoms with Crippen molar-refractivity contribution in [2.75, 3.05) is 11.4 Å². The number of hydrogen-bond acceptors (Lipinski definition) is 5. The molecule has 1 saturated heterocycles. The van der Waals surface area contributed by atoms with Crippen molar-refractivity contribution in [1.29, 1.82) is 0 Å². The largest absolute Gasteiger partial charge is 0.393 e. The second kappa shape index (κ2) is 8.26. The van der Waals surface area contributed by atoms with Crippen molar-refractivity contribution >= 4 is 17.4 Å². The number of fused-ring (bicyclic) bond motifs is 1. The van der Waals surface area contributed by atoms with Crippen LogP contribution in [0.15, 0.2) is 42.6 Å². The highest BCUT2D eigenvalue weighted by Crippen LogP contribution is 2.35. The average Bonchev–Trinajstić information content (AvgIpc) is 3.42. The van der Waals surface area contributed by atoms with Gasteiger partial charge in [0.15, 0.2) is 11.3 Å². The first-order valence-electron chi connectivity index (χ1n) is 10.9. The van der Waals surface area contributed by atoms with Gasteiger partial charge in [0, 0.05) is 12.6 Å². The first-order valence-corrected chi connectivity index (χ1v) is 10.9. The van der Waals surface area contributed by atoms with E-state index >= 15 is 0 Å². The van der Waals surface area contributed by atoms with Crippen LogP contribution >= 0.6 is 0 Å². The second-order valence-corrected chi connectivity index (χ2v) is 8.49. The number of anilines is 1. The molecule has 1 amide bonds. The number of aromatic nitrogens is 3. The predicted octanol–water partition coefficient (Wildman–Crippen LogP) is 3.24. The summed E-state index contributed by atoms with van der Waals surface area (Å²) in [6, 6.07) is 10.6. The first kappa shape index (κ1) is 19.9. The van der Waals surface area contributed by atoms with Crippen LogP contribution < -0.4 is 10.2 Å². The van der Waals surface area contributed by atoms with Gasteiger partial charge in [-0.05, 0) is 68.4 Å². The number of nitrogens with zero attached hydrogens (tertiary/aromatic N) is 4. The summed E-state index contributed by atoms with van der Waals surface area (Å²) < 4.78 is 15.4. The van der Waals surface area contributed by atoms with Crippen molar-refractivity contribution in [2.45, 2.75) is 56.7 Å². The molecule has 1 aromatic carbocycles. The molecule has 2 N–H and O–H groups in total. The fraction of sp³-hybridized carbons (Fsp3) is 0.435. The Morgan fingerprint density at radius 3 is 2.77 bits per heavy atom. The molecule has 3 heterocycles. The summed E-state index contributed by atoms with van der Waals surface area (Å²) in [5.74, 6) is 0.297. The molecule has 0 unspecified atom stereocenters. The number of amides is 1. The van der Waals surface area contributed by atoms with E-state index in [1.165, 1.54) is 6.07 Å². The molecule has 7 nitrogen and oxygen atoms in total. The van der Waals surface area contributed by atoms with Crippen LogP contribution in [0.25, 0.3) is 5.65 Å². The van der Waals surface area contributed by atoms with Crippen LogP contribution in [0.5, 0.6) is 0 Å². The van der Waals surface area contributed by atoms with Gasteiger partial charge >= 0.3 is 0 Å². The summed E-state index contributed by atoms with van der Waals surface area (Å²) in [5, 5.41) is 17.5. The molecule has 0 bridgehead atoms. The van der Waals surface area contributed by atoms with E-state index < -0.39 is 0 Å². The highest BCUT2D eigenvalue weighted by atomic mass is 19.1. The molecule has 0 radical (unpaired) electrons. The highest BCUT2D eigenvalue weighted by molar-refractivity contribution is 5.93. The Kier molecular flexibility index (Phi) is 5.31. The molecule has 2 aliphatic rings. The lowest BCUT2D eigenvalue weighted by atomic mass is 9.93. The summed E-state index contributed by atoms with van der Waals surface area (Å²) >= 11 is 0. The number of hydrogen-bond donors (Lipinski definition) is 2.